The van der Waals surface area contributed by atoms with E-state index in [0.717, 1.165) is 12.8 Å². The summed E-state index contributed by atoms with van der Waals surface area (Å²) in [5, 5.41) is 2.30. The minimum atomic E-state index is 0.396. The summed E-state index contributed by atoms with van der Waals surface area (Å²) in [7, 11) is 0. The van der Waals surface area contributed by atoms with E-state index in [-0.39, 0.29) is 0 Å². The summed E-state index contributed by atoms with van der Waals surface area (Å²) in [4.78, 5) is 0. The fourth-order valence-electron chi connectivity index (χ4n) is 2.43. The van der Waals surface area contributed by atoms with Crippen LogP contribution in [0.5, 0.6) is 0 Å². The Morgan fingerprint density at radius 1 is 1.10 bits per heavy atom. The van der Waals surface area contributed by atoms with Gasteiger partial charge in [-0.15, -0.1) is 11.8 Å². The molecule has 0 fully saturated rings. The summed E-state index contributed by atoms with van der Waals surface area (Å²) in [6, 6.07) is 8.90. The van der Waals surface area contributed by atoms with E-state index in [1.165, 1.54) is 31.2 Å². The molecule has 0 radical (unpaired) electrons. The molecule has 0 heterocycles. The van der Waals surface area contributed by atoms with Gasteiger partial charge in [0.1, 0.15) is 0 Å². The van der Waals surface area contributed by atoms with Gasteiger partial charge in [-0.25, -0.2) is 0 Å². The van der Waals surface area contributed by atoms with Gasteiger partial charge in [0.05, 0.1) is 0 Å². The Labute approximate surface area is 130 Å². The van der Waals surface area contributed by atoms with Gasteiger partial charge in [0.15, 0.2) is 0 Å². The Balaban J connectivity index is 2.50. The van der Waals surface area contributed by atoms with E-state index in [9.17, 15) is 0 Å². The van der Waals surface area contributed by atoms with Crippen molar-refractivity contribution in [3.05, 3.63) is 46.9 Å². The smallest absolute Gasteiger partial charge is 0.0170 e. The Bertz CT molecular complexity index is 408. The molecule has 112 valence electrons. The molecular weight excluding hydrogens is 260 g/mol. The first-order valence-electron chi connectivity index (χ1n) is 8.04. The molecule has 20 heavy (non-hydrogen) atoms. The standard InChI is InChI=1S/C19H30S/c1-5-8-16-20-19(4,7-3)15-11-14-18-13-10-9-12-17(18)6-2/h8-10,12-13,16H,5-7,11,14-15H2,1-4H3/b16-8-. The van der Waals surface area contributed by atoms with Gasteiger partial charge >= 0.3 is 0 Å². The number of hydrogen-bond donors (Lipinski definition) is 0. The average Bonchev–Trinajstić information content (AvgIpc) is 2.48. The summed E-state index contributed by atoms with van der Waals surface area (Å²) in [5.41, 5.74) is 3.06. The Morgan fingerprint density at radius 2 is 1.80 bits per heavy atom. The van der Waals surface area contributed by atoms with E-state index in [0.29, 0.717) is 4.75 Å². The van der Waals surface area contributed by atoms with Crippen molar-refractivity contribution in [2.24, 2.45) is 0 Å². The van der Waals surface area contributed by atoms with Crippen LogP contribution in [0.4, 0.5) is 0 Å². The topological polar surface area (TPSA) is 0 Å². The molecular formula is C19H30S. The first-order chi connectivity index (χ1) is 9.65. The van der Waals surface area contributed by atoms with E-state index in [1.54, 1.807) is 5.56 Å². The van der Waals surface area contributed by atoms with E-state index >= 15 is 0 Å². The summed E-state index contributed by atoms with van der Waals surface area (Å²) < 4.78 is 0.396. The summed E-state index contributed by atoms with van der Waals surface area (Å²) in [6.07, 6.45) is 9.59. The molecule has 0 N–H and O–H groups in total. The van der Waals surface area contributed by atoms with Gasteiger partial charge < -0.3 is 0 Å². The lowest BCUT2D eigenvalue weighted by Gasteiger charge is -2.26. The highest BCUT2D eigenvalue weighted by atomic mass is 32.2. The van der Waals surface area contributed by atoms with Crippen molar-refractivity contribution in [2.75, 3.05) is 0 Å². The number of hydrogen-bond acceptors (Lipinski definition) is 1. The number of benzene rings is 1. The highest BCUT2D eigenvalue weighted by molar-refractivity contribution is 8.03. The molecule has 0 aliphatic rings. The molecule has 1 aromatic carbocycles. The molecule has 0 spiro atoms. The molecule has 0 saturated heterocycles. The van der Waals surface area contributed by atoms with Crippen molar-refractivity contribution >= 4 is 11.8 Å². The second-order valence-electron chi connectivity index (χ2n) is 5.68. The Kier molecular flexibility index (Phi) is 8.06. The quantitative estimate of drug-likeness (QED) is 0.507. The SMILES string of the molecule is CC/C=C\SC(C)(CC)CCCc1ccccc1CC. The second-order valence-corrected chi connectivity index (χ2v) is 7.17. The van der Waals surface area contributed by atoms with Crippen LogP contribution < -0.4 is 0 Å². The predicted molar refractivity (Wildman–Crippen MR) is 94.5 cm³/mol. The van der Waals surface area contributed by atoms with Crippen LogP contribution in [0.3, 0.4) is 0 Å². The third kappa shape index (κ3) is 5.75. The molecule has 0 aromatic heterocycles. The first kappa shape index (κ1) is 17.4. The highest BCUT2D eigenvalue weighted by Crippen LogP contribution is 2.34. The van der Waals surface area contributed by atoms with Crippen molar-refractivity contribution in [1.29, 1.82) is 0 Å². The lowest BCUT2D eigenvalue weighted by Crippen LogP contribution is -2.18. The van der Waals surface area contributed by atoms with Crippen LogP contribution in [-0.4, -0.2) is 4.75 Å². The molecule has 0 aliphatic carbocycles. The zero-order valence-corrected chi connectivity index (χ0v) is 14.4. The van der Waals surface area contributed by atoms with Gasteiger partial charge in [0.25, 0.3) is 0 Å². The van der Waals surface area contributed by atoms with Gasteiger partial charge in [0, 0.05) is 4.75 Å². The molecule has 1 aromatic rings. The minimum absolute atomic E-state index is 0.396. The third-order valence-electron chi connectivity index (χ3n) is 4.08. The van der Waals surface area contributed by atoms with Crippen LogP contribution in [0.1, 0.15) is 64.5 Å². The van der Waals surface area contributed by atoms with E-state index in [4.69, 9.17) is 0 Å². The highest BCUT2D eigenvalue weighted by Gasteiger charge is 2.20. The molecule has 1 unspecified atom stereocenters. The van der Waals surface area contributed by atoms with Gasteiger partial charge in [-0.1, -0.05) is 58.0 Å². The third-order valence-corrected chi connectivity index (χ3v) is 5.47. The lowest BCUT2D eigenvalue weighted by atomic mass is 9.95. The number of rotatable bonds is 9. The van der Waals surface area contributed by atoms with Crippen LogP contribution in [0.15, 0.2) is 35.7 Å². The fraction of sp³-hybridized carbons (Fsp3) is 0.579. The van der Waals surface area contributed by atoms with Gasteiger partial charge in [0.2, 0.25) is 0 Å². The Morgan fingerprint density at radius 3 is 2.40 bits per heavy atom. The van der Waals surface area contributed by atoms with Gasteiger partial charge in [-0.2, -0.15) is 0 Å². The maximum absolute atomic E-state index is 2.41. The van der Waals surface area contributed by atoms with Crippen LogP contribution in [0.25, 0.3) is 0 Å². The first-order valence-corrected chi connectivity index (χ1v) is 8.92. The Hall–Kier alpha value is -0.690. The molecule has 0 nitrogen and oxygen atoms in total. The van der Waals surface area contributed by atoms with Crippen molar-refractivity contribution in [1.82, 2.24) is 0 Å². The summed E-state index contributed by atoms with van der Waals surface area (Å²) in [6.45, 7) is 9.17. The second kappa shape index (κ2) is 9.28. The fourth-order valence-corrected chi connectivity index (χ4v) is 3.47. The maximum Gasteiger partial charge on any atom is 0.0170 e. The van der Waals surface area contributed by atoms with E-state index in [1.807, 2.05) is 11.8 Å². The maximum atomic E-state index is 2.41. The number of aryl methyl sites for hydroxylation is 2. The van der Waals surface area contributed by atoms with E-state index < -0.39 is 0 Å². The molecule has 1 heteroatoms. The monoisotopic (exact) mass is 290 g/mol. The molecule has 1 rings (SSSR count). The summed E-state index contributed by atoms with van der Waals surface area (Å²) in [5.74, 6) is 0. The van der Waals surface area contributed by atoms with Crippen LogP contribution >= 0.6 is 11.8 Å². The largest absolute Gasteiger partial charge is 0.128 e. The number of allylic oxidation sites excluding steroid dienone is 1. The molecule has 0 bridgehead atoms. The minimum Gasteiger partial charge on any atom is -0.128 e. The van der Waals surface area contributed by atoms with Crippen LogP contribution in [0, 0.1) is 0 Å². The zero-order chi connectivity index (χ0) is 14.8. The molecule has 0 saturated carbocycles. The zero-order valence-electron chi connectivity index (χ0n) is 13.6. The van der Waals surface area contributed by atoms with Crippen molar-refractivity contribution in [3.63, 3.8) is 0 Å². The molecule has 0 aliphatic heterocycles. The van der Waals surface area contributed by atoms with E-state index in [2.05, 4.69) is 63.4 Å². The number of thioether (sulfide) groups is 1. The van der Waals surface area contributed by atoms with Crippen molar-refractivity contribution in [2.45, 2.75) is 71.0 Å². The average molecular weight is 291 g/mol. The van der Waals surface area contributed by atoms with Crippen LogP contribution in [-0.2, 0) is 12.8 Å². The molecule has 1 atom stereocenters. The van der Waals surface area contributed by atoms with Crippen molar-refractivity contribution < 1.29 is 0 Å². The van der Waals surface area contributed by atoms with Gasteiger partial charge in [-0.05, 0) is 55.1 Å². The predicted octanol–water partition coefficient (Wildman–Crippen LogP) is 6.40. The van der Waals surface area contributed by atoms with Crippen LogP contribution in [0.2, 0.25) is 0 Å². The van der Waals surface area contributed by atoms with Crippen molar-refractivity contribution in [3.8, 4) is 0 Å². The normalized spacial score (nSPS) is 14.6. The molecule has 0 amide bonds. The lowest BCUT2D eigenvalue weighted by molar-refractivity contribution is 0.544. The summed E-state index contributed by atoms with van der Waals surface area (Å²) >= 11 is 2.01. The van der Waals surface area contributed by atoms with Gasteiger partial charge in [-0.3, -0.25) is 0 Å².